The maximum Gasteiger partial charge on any atom is 0.0544 e. The average molecular weight is 194 g/mol. The molecule has 3 rings (SSSR count). The predicted octanol–water partition coefficient (Wildman–Crippen LogP) is 3.00. The summed E-state index contributed by atoms with van der Waals surface area (Å²) in [5.74, 6) is 0. The molecule has 72 valence electrons. The SMILES string of the molecule is c1cncc(-c2ccc3ccccn23)c1. The molecule has 2 nitrogen and oxygen atoms in total. The van der Waals surface area contributed by atoms with Gasteiger partial charge in [0.2, 0.25) is 0 Å². The Kier molecular flexibility index (Phi) is 1.78. The summed E-state index contributed by atoms with van der Waals surface area (Å²) in [6, 6.07) is 14.4. The minimum absolute atomic E-state index is 1.14. The van der Waals surface area contributed by atoms with Crippen molar-refractivity contribution in [2.24, 2.45) is 0 Å². The van der Waals surface area contributed by atoms with Crippen molar-refractivity contribution >= 4 is 5.52 Å². The fraction of sp³-hybridized carbons (Fsp3) is 0. The van der Waals surface area contributed by atoms with E-state index in [1.54, 1.807) is 6.20 Å². The summed E-state index contributed by atoms with van der Waals surface area (Å²) >= 11 is 0. The molecule has 15 heavy (non-hydrogen) atoms. The average Bonchev–Trinajstić information content (AvgIpc) is 2.74. The summed E-state index contributed by atoms with van der Waals surface area (Å²) in [6.07, 6.45) is 5.74. The van der Waals surface area contributed by atoms with Crippen LogP contribution < -0.4 is 0 Å². The molecular formula is C13H10N2. The van der Waals surface area contributed by atoms with E-state index in [-0.39, 0.29) is 0 Å². The first-order valence-electron chi connectivity index (χ1n) is 4.92. The Balaban J connectivity index is 2.28. The zero-order valence-corrected chi connectivity index (χ0v) is 8.17. The quantitative estimate of drug-likeness (QED) is 0.582. The maximum atomic E-state index is 4.13. The third-order valence-electron chi connectivity index (χ3n) is 2.52. The molecule has 0 atom stereocenters. The van der Waals surface area contributed by atoms with Gasteiger partial charge < -0.3 is 4.40 Å². The van der Waals surface area contributed by atoms with Crippen LogP contribution in [0.4, 0.5) is 0 Å². The second kappa shape index (κ2) is 3.24. The number of nitrogens with zero attached hydrogens (tertiary/aromatic N) is 2. The van der Waals surface area contributed by atoms with Gasteiger partial charge in [-0.05, 0) is 36.4 Å². The second-order valence-electron chi connectivity index (χ2n) is 3.46. The minimum atomic E-state index is 1.14. The van der Waals surface area contributed by atoms with Crippen LogP contribution in [0.2, 0.25) is 0 Å². The Morgan fingerprint density at radius 3 is 2.80 bits per heavy atom. The minimum Gasteiger partial charge on any atom is -0.317 e. The van der Waals surface area contributed by atoms with Crippen molar-refractivity contribution in [1.29, 1.82) is 0 Å². The molecule has 0 bridgehead atoms. The van der Waals surface area contributed by atoms with E-state index in [2.05, 4.69) is 39.8 Å². The maximum absolute atomic E-state index is 4.13. The molecule has 0 saturated carbocycles. The first kappa shape index (κ1) is 8.24. The standard InChI is InChI=1S/C13H10N2/c1-2-9-15-12(5-1)6-7-13(15)11-4-3-8-14-10-11/h1-10H. The third-order valence-corrected chi connectivity index (χ3v) is 2.52. The molecule has 0 unspecified atom stereocenters. The van der Waals surface area contributed by atoms with Gasteiger partial charge in [0.15, 0.2) is 0 Å². The normalized spacial score (nSPS) is 10.7. The molecule has 0 aliphatic carbocycles. The molecule has 3 aromatic rings. The van der Waals surface area contributed by atoms with E-state index < -0.39 is 0 Å². The lowest BCUT2D eigenvalue weighted by atomic mass is 10.2. The summed E-state index contributed by atoms with van der Waals surface area (Å²) in [6.45, 7) is 0. The van der Waals surface area contributed by atoms with Crippen LogP contribution in [0.25, 0.3) is 16.8 Å². The smallest absolute Gasteiger partial charge is 0.0544 e. The predicted molar refractivity (Wildman–Crippen MR) is 60.6 cm³/mol. The lowest BCUT2D eigenvalue weighted by Gasteiger charge is -2.01. The van der Waals surface area contributed by atoms with Crippen molar-refractivity contribution in [1.82, 2.24) is 9.38 Å². The van der Waals surface area contributed by atoms with Crippen LogP contribution in [0, 0.1) is 0 Å². The molecule has 0 N–H and O–H groups in total. The first-order valence-corrected chi connectivity index (χ1v) is 4.92. The molecule has 0 radical (unpaired) electrons. The van der Waals surface area contributed by atoms with Gasteiger partial charge in [0.05, 0.1) is 5.69 Å². The Morgan fingerprint density at radius 1 is 0.933 bits per heavy atom. The van der Waals surface area contributed by atoms with E-state index >= 15 is 0 Å². The van der Waals surface area contributed by atoms with Crippen LogP contribution in [0.1, 0.15) is 0 Å². The summed E-state index contributed by atoms with van der Waals surface area (Å²) < 4.78 is 2.16. The highest BCUT2D eigenvalue weighted by atomic mass is 14.9. The third kappa shape index (κ3) is 1.31. The largest absolute Gasteiger partial charge is 0.317 e. The molecule has 0 fully saturated rings. The van der Waals surface area contributed by atoms with E-state index in [0.717, 1.165) is 5.56 Å². The summed E-state index contributed by atoms with van der Waals surface area (Å²) in [5.41, 5.74) is 3.53. The van der Waals surface area contributed by atoms with E-state index in [0.29, 0.717) is 0 Å². The number of hydrogen-bond acceptors (Lipinski definition) is 1. The van der Waals surface area contributed by atoms with Crippen LogP contribution in [-0.4, -0.2) is 9.38 Å². The Hall–Kier alpha value is -2.09. The molecule has 0 aliphatic rings. The van der Waals surface area contributed by atoms with E-state index in [4.69, 9.17) is 0 Å². The number of fused-ring (bicyclic) bond motifs is 1. The fourth-order valence-corrected chi connectivity index (χ4v) is 1.81. The van der Waals surface area contributed by atoms with Gasteiger partial charge >= 0.3 is 0 Å². The molecule has 0 aromatic carbocycles. The Labute approximate surface area is 87.8 Å². The van der Waals surface area contributed by atoms with E-state index in [1.807, 2.05) is 24.4 Å². The molecule has 3 heterocycles. The van der Waals surface area contributed by atoms with Gasteiger partial charge in [-0.15, -0.1) is 0 Å². The zero-order chi connectivity index (χ0) is 10.1. The van der Waals surface area contributed by atoms with Crippen molar-refractivity contribution in [2.45, 2.75) is 0 Å². The van der Waals surface area contributed by atoms with Crippen molar-refractivity contribution in [2.75, 3.05) is 0 Å². The van der Waals surface area contributed by atoms with Crippen LogP contribution in [0.3, 0.4) is 0 Å². The van der Waals surface area contributed by atoms with Gasteiger partial charge in [0, 0.05) is 29.7 Å². The lowest BCUT2D eigenvalue weighted by molar-refractivity contribution is 1.19. The topological polar surface area (TPSA) is 17.3 Å². The van der Waals surface area contributed by atoms with Crippen molar-refractivity contribution in [3.63, 3.8) is 0 Å². The van der Waals surface area contributed by atoms with Gasteiger partial charge in [0.1, 0.15) is 0 Å². The summed E-state index contributed by atoms with van der Waals surface area (Å²) in [5, 5.41) is 0. The monoisotopic (exact) mass is 194 g/mol. The molecule has 0 spiro atoms. The number of rotatable bonds is 1. The van der Waals surface area contributed by atoms with Gasteiger partial charge in [-0.2, -0.15) is 0 Å². The number of hydrogen-bond donors (Lipinski definition) is 0. The van der Waals surface area contributed by atoms with Crippen molar-refractivity contribution < 1.29 is 0 Å². The molecule has 0 saturated heterocycles. The zero-order valence-electron chi connectivity index (χ0n) is 8.17. The van der Waals surface area contributed by atoms with Crippen molar-refractivity contribution in [3.8, 4) is 11.3 Å². The van der Waals surface area contributed by atoms with Crippen LogP contribution in [0.15, 0.2) is 61.1 Å². The van der Waals surface area contributed by atoms with Gasteiger partial charge in [0.25, 0.3) is 0 Å². The molecule has 0 amide bonds. The van der Waals surface area contributed by atoms with Crippen LogP contribution in [0.5, 0.6) is 0 Å². The number of aromatic nitrogens is 2. The number of pyridine rings is 2. The van der Waals surface area contributed by atoms with Crippen LogP contribution in [-0.2, 0) is 0 Å². The Bertz CT molecular complexity index is 582. The van der Waals surface area contributed by atoms with E-state index in [1.165, 1.54) is 11.2 Å². The van der Waals surface area contributed by atoms with E-state index in [9.17, 15) is 0 Å². The van der Waals surface area contributed by atoms with Gasteiger partial charge in [-0.1, -0.05) is 6.07 Å². The summed E-state index contributed by atoms with van der Waals surface area (Å²) in [7, 11) is 0. The highest BCUT2D eigenvalue weighted by Gasteiger charge is 2.02. The molecule has 2 heteroatoms. The first-order chi connectivity index (χ1) is 7.45. The fourth-order valence-electron chi connectivity index (χ4n) is 1.81. The van der Waals surface area contributed by atoms with Gasteiger partial charge in [-0.3, -0.25) is 4.98 Å². The molecule has 0 aliphatic heterocycles. The molecule has 3 aromatic heterocycles. The lowest BCUT2D eigenvalue weighted by Crippen LogP contribution is -1.86. The Morgan fingerprint density at radius 2 is 1.93 bits per heavy atom. The highest BCUT2D eigenvalue weighted by molar-refractivity contribution is 5.66. The van der Waals surface area contributed by atoms with Crippen LogP contribution >= 0.6 is 0 Å². The molecular weight excluding hydrogens is 184 g/mol. The second-order valence-corrected chi connectivity index (χ2v) is 3.46. The highest BCUT2D eigenvalue weighted by Crippen LogP contribution is 2.20. The summed E-state index contributed by atoms with van der Waals surface area (Å²) in [4.78, 5) is 4.13. The van der Waals surface area contributed by atoms with Gasteiger partial charge in [-0.25, -0.2) is 0 Å². The van der Waals surface area contributed by atoms with Crippen molar-refractivity contribution in [3.05, 3.63) is 61.1 Å².